The van der Waals surface area contributed by atoms with Gasteiger partial charge in [0.05, 0.1) is 5.92 Å². The molecule has 7 nitrogen and oxygen atoms in total. The maximum absolute atomic E-state index is 11.8. The Bertz CT molecular complexity index is 461. The van der Waals surface area contributed by atoms with Crippen molar-refractivity contribution in [3.05, 3.63) is 6.07 Å². The first-order valence-electron chi connectivity index (χ1n) is 6.54. The normalized spacial score (nSPS) is 18.8. The van der Waals surface area contributed by atoms with Crippen LogP contribution in [0.3, 0.4) is 0 Å². The Kier molecular flexibility index (Phi) is 5.02. The molecule has 1 unspecified atom stereocenters. The average molecular weight is 296 g/mol. The van der Waals surface area contributed by atoms with Crippen LogP contribution in [0.2, 0.25) is 0 Å². The van der Waals surface area contributed by atoms with Crippen molar-refractivity contribution in [2.45, 2.75) is 18.0 Å². The Morgan fingerprint density at radius 3 is 3.00 bits per heavy atom. The molecule has 0 aliphatic carbocycles. The Morgan fingerprint density at radius 1 is 1.55 bits per heavy atom. The number of nitrogen functional groups attached to an aromatic ring is 1. The molecule has 1 aliphatic rings. The minimum absolute atomic E-state index is 0.00994. The second kappa shape index (κ2) is 6.76. The number of nitrogens with two attached hydrogens (primary N) is 1. The van der Waals surface area contributed by atoms with E-state index in [2.05, 4.69) is 25.6 Å². The molecule has 1 aromatic heterocycles. The lowest BCUT2D eigenvalue weighted by Crippen LogP contribution is -2.42. The summed E-state index contributed by atoms with van der Waals surface area (Å²) in [5, 5.41) is 3.38. The number of aromatic nitrogens is 2. The van der Waals surface area contributed by atoms with Gasteiger partial charge in [0.25, 0.3) is 0 Å². The van der Waals surface area contributed by atoms with Crippen LogP contribution in [0.1, 0.15) is 12.8 Å². The summed E-state index contributed by atoms with van der Waals surface area (Å²) in [7, 11) is 1.67. The number of piperidine rings is 1. The van der Waals surface area contributed by atoms with Crippen LogP contribution in [-0.2, 0) is 4.79 Å². The molecule has 2 heterocycles. The first-order valence-corrected chi connectivity index (χ1v) is 7.76. The van der Waals surface area contributed by atoms with Gasteiger partial charge < -0.3 is 15.6 Å². The lowest BCUT2D eigenvalue weighted by atomic mass is 9.97. The van der Waals surface area contributed by atoms with E-state index in [4.69, 9.17) is 5.84 Å². The topological polar surface area (TPSA) is 96.2 Å². The monoisotopic (exact) mass is 296 g/mol. The van der Waals surface area contributed by atoms with E-state index in [1.165, 1.54) is 11.8 Å². The Labute approximate surface area is 122 Å². The number of hydrogen-bond donors (Lipinski definition) is 3. The van der Waals surface area contributed by atoms with E-state index >= 15 is 0 Å². The SMILES string of the molecule is CNC(=O)C1CCCN(c2cc(NN)nc(SC)n2)C1. The van der Waals surface area contributed by atoms with Crippen LogP contribution in [0.4, 0.5) is 11.6 Å². The van der Waals surface area contributed by atoms with Gasteiger partial charge in [-0.05, 0) is 19.1 Å². The molecule has 2 rings (SSSR count). The third-order valence-electron chi connectivity index (χ3n) is 3.39. The van der Waals surface area contributed by atoms with E-state index in [1.807, 2.05) is 12.3 Å². The molecule has 1 aromatic rings. The standard InChI is InChI=1S/C12H20N6OS/c1-14-11(19)8-4-3-5-18(7-8)10-6-9(17-13)15-12(16-10)20-2/h6,8H,3-5,7,13H2,1-2H3,(H,14,19)(H,15,16,17). The second-order valence-electron chi connectivity index (χ2n) is 4.64. The Balaban J connectivity index is 2.19. The molecule has 8 heteroatoms. The summed E-state index contributed by atoms with van der Waals surface area (Å²) in [6.07, 6.45) is 3.81. The molecule has 0 aromatic carbocycles. The molecular formula is C12H20N6OS. The van der Waals surface area contributed by atoms with Crippen LogP contribution < -0.4 is 21.5 Å². The van der Waals surface area contributed by atoms with Crippen LogP contribution in [0, 0.1) is 5.92 Å². The minimum Gasteiger partial charge on any atom is -0.359 e. The molecule has 1 amide bonds. The zero-order valence-electron chi connectivity index (χ0n) is 11.7. The predicted molar refractivity (Wildman–Crippen MR) is 80.6 cm³/mol. The molecule has 0 radical (unpaired) electrons. The number of carbonyl (C=O) groups is 1. The van der Waals surface area contributed by atoms with Gasteiger partial charge in [-0.15, -0.1) is 0 Å². The minimum atomic E-state index is 0.00994. The molecule has 1 saturated heterocycles. The molecule has 0 saturated carbocycles. The Hall–Kier alpha value is -1.54. The van der Waals surface area contributed by atoms with E-state index in [-0.39, 0.29) is 11.8 Å². The number of amides is 1. The zero-order chi connectivity index (χ0) is 14.5. The molecule has 0 spiro atoms. The first-order chi connectivity index (χ1) is 9.67. The number of anilines is 2. The third kappa shape index (κ3) is 3.31. The maximum Gasteiger partial charge on any atom is 0.224 e. The van der Waals surface area contributed by atoms with E-state index in [0.29, 0.717) is 17.5 Å². The van der Waals surface area contributed by atoms with Gasteiger partial charge in [0.1, 0.15) is 11.6 Å². The lowest BCUT2D eigenvalue weighted by molar-refractivity contribution is -0.124. The molecule has 1 fully saturated rings. The summed E-state index contributed by atoms with van der Waals surface area (Å²) >= 11 is 1.46. The zero-order valence-corrected chi connectivity index (χ0v) is 12.5. The van der Waals surface area contributed by atoms with Crippen molar-refractivity contribution in [3.8, 4) is 0 Å². The molecule has 0 bridgehead atoms. The number of hydrogen-bond acceptors (Lipinski definition) is 7. The van der Waals surface area contributed by atoms with E-state index in [0.717, 1.165) is 25.2 Å². The quantitative estimate of drug-likeness (QED) is 0.321. The van der Waals surface area contributed by atoms with E-state index in [1.54, 1.807) is 7.05 Å². The van der Waals surface area contributed by atoms with Gasteiger partial charge in [-0.3, -0.25) is 4.79 Å². The van der Waals surface area contributed by atoms with Crippen LogP contribution >= 0.6 is 11.8 Å². The van der Waals surface area contributed by atoms with Crippen molar-refractivity contribution in [1.82, 2.24) is 15.3 Å². The molecular weight excluding hydrogens is 276 g/mol. The highest BCUT2D eigenvalue weighted by atomic mass is 32.2. The van der Waals surface area contributed by atoms with Gasteiger partial charge in [-0.1, -0.05) is 11.8 Å². The molecule has 1 aliphatic heterocycles. The number of hydrazine groups is 1. The van der Waals surface area contributed by atoms with Gasteiger partial charge in [-0.25, -0.2) is 15.8 Å². The fourth-order valence-corrected chi connectivity index (χ4v) is 2.72. The van der Waals surface area contributed by atoms with Gasteiger partial charge in [-0.2, -0.15) is 0 Å². The number of nitrogens with one attached hydrogen (secondary N) is 2. The molecule has 4 N–H and O–H groups in total. The molecule has 1 atom stereocenters. The summed E-state index contributed by atoms with van der Waals surface area (Å²) in [5.74, 6) is 6.93. The van der Waals surface area contributed by atoms with Crippen LogP contribution in [0.15, 0.2) is 11.2 Å². The van der Waals surface area contributed by atoms with E-state index < -0.39 is 0 Å². The van der Waals surface area contributed by atoms with Crippen LogP contribution in [0.5, 0.6) is 0 Å². The fraction of sp³-hybridized carbons (Fsp3) is 0.583. The first kappa shape index (κ1) is 14.9. The number of thioether (sulfide) groups is 1. The van der Waals surface area contributed by atoms with Gasteiger partial charge in [0, 0.05) is 26.2 Å². The highest BCUT2D eigenvalue weighted by Gasteiger charge is 2.26. The summed E-state index contributed by atoms with van der Waals surface area (Å²) in [4.78, 5) is 22.6. The Morgan fingerprint density at radius 2 is 2.35 bits per heavy atom. The van der Waals surface area contributed by atoms with Crippen LogP contribution in [-0.4, -0.2) is 42.3 Å². The average Bonchev–Trinajstić information content (AvgIpc) is 2.53. The number of carbonyl (C=O) groups excluding carboxylic acids is 1. The maximum atomic E-state index is 11.8. The molecule has 20 heavy (non-hydrogen) atoms. The fourth-order valence-electron chi connectivity index (χ4n) is 2.34. The highest BCUT2D eigenvalue weighted by molar-refractivity contribution is 7.98. The summed E-state index contributed by atoms with van der Waals surface area (Å²) < 4.78 is 0. The van der Waals surface area contributed by atoms with Crippen molar-refractivity contribution in [2.24, 2.45) is 11.8 Å². The summed E-state index contributed by atoms with van der Waals surface area (Å²) in [6, 6.07) is 1.81. The summed E-state index contributed by atoms with van der Waals surface area (Å²) in [5.41, 5.74) is 2.56. The van der Waals surface area contributed by atoms with Crippen molar-refractivity contribution in [3.63, 3.8) is 0 Å². The smallest absolute Gasteiger partial charge is 0.224 e. The largest absolute Gasteiger partial charge is 0.359 e. The van der Waals surface area contributed by atoms with Crippen molar-refractivity contribution in [1.29, 1.82) is 0 Å². The lowest BCUT2D eigenvalue weighted by Gasteiger charge is -2.32. The predicted octanol–water partition coefficient (Wildman–Crippen LogP) is 0.446. The van der Waals surface area contributed by atoms with Crippen molar-refractivity contribution < 1.29 is 4.79 Å². The van der Waals surface area contributed by atoms with Gasteiger partial charge in [0.15, 0.2) is 5.16 Å². The second-order valence-corrected chi connectivity index (χ2v) is 5.42. The van der Waals surface area contributed by atoms with Crippen molar-refractivity contribution >= 4 is 29.3 Å². The van der Waals surface area contributed by atoms with Crippen molar-refractivity contribution in [2.75, 3.05) is 36.7 Å². The van der Waals surface area contributed by atoms with Gasteiger partial charge >= 0.3 is 0 Å². The van der Waals surface area contributed by atoms with E-state index in [9.17, 15) is 4.79 Å². The van der Waals surface area contributed by atoms with Gasteiger partial charge in [0.2, 0.25) is 5.91 Å². The molecule has 110 valence electrons. The number of rotatable bonds is 4. The third-order valence-corrected chi connectivity index (χ3v) is 3.93. The summed E-state index contributed by atoms with van der Waals surface area (Å²) in [6.45, 7) is 1.57. The highest BCUT2D eigenvalue weighted by Crippen LogP contribution is 2.25. The van der Waals surface area contributed by atoms with Crippen LogP contribution in [0.25, 0.3) is 0 Å². The number of nitrogens with zero attached hydrogens (tertiary/aromatic N) is 3.